The van der Waals surface area contributed by atoms with Crippen molar-refractivity contribution in [1.82, 2.24) is 9.55 Å². The van der Waals surface area contributed by atoms with Gasteiger partial charge < -0.3 is 4.57 Å². The summed E-state index contributed by atoms with van der Waals surface area (Å²) in [5.74, 6) is 1.72. The summed E-state index contributed by atoms with van der Waals surface area (Å²) in [6, 6.07) is 3.65. The van der Waals surface area contributed by atoms with Crippen molar-refractivity contribution in [2.45, 2.75) is 33.2 Å². The number of aryl methyl sites for hydroxylation is 1. The largest absolute Gasteiger partial charge is 0.325 e. The SMILES string of the molecule is CC(C)C(C)n1c(CCCl)nc2cc(I)c(F)cc21. The molecule has 19 heavy (non-hydrogen) atoms. The van der Waals surface area contributed by atoms with Gasteiger partial charge in [0.15, 0.2) is 0 Å². The molecule has 1 aromatic carbocycles. The normalized spacial score (nSPS) is 13.4. The highest BCUT2D eigenvalue weighted by Gasteiger charge is 2.19. The zero-order chi connectivity index (χ0) is 14.2. The van der Waals surface area contributed by atoms with Crippen LogP contribution in [0.3, 0.4) is 0 Å². The zero-order valence-electron chi connectivity index (χ0n) is 11.3. The summed E-state index contributed by atoms with van der Waals surface area (Å²) in [6.07, 6.45) is 0.700. The van der Waals surface area contributed by atoms with Crippen molar-refractivity contribution < 1.29 is 4.39 Å². The Labute approximate surface area is 131 Å². The quantitative estimate of drug-likeness (QED) is 0.539. The van der Waals surface area contributed by atoms with Crippen LogP contribution in [-0.4, -0.2) is 15.4 Å². The summed E-state index contributed by atoms with van der Waals surface area (Å²) >= 11 is 7.85. The molecule has 0 saturated carbocycles. The van der Waals surface area contributed by atoms with Crippen LogP contribution in [-0.2, 0) is 6.42 Å². The molecule has 0 aliphatic carbocycles. The van der Waals surface area contributed by atoms with E-state index in [4.69, 9.17) is 11.6 Å². The maximum absolute atomic E-state index is 13.8. The summed E-state index contributed by atoms with van der Waals surface area (Å²) < 4.78 is 16.5. The number of imidazole rings is 1. The van der Waals surface area contributed by atoms with E-state index in [-0.39, 0.29) is 11.9 Å². The third kappa shape index (κ3) is 2.89. The van der Waals surface area contributed by atoms with E-state index in [0.717, 1.165) is 16.9 Å². The molecule has 0 spiro atoms. The number of rotatable bonds is 4. The van der Waals surface area contributed by atoms with Gasteiger partial charge in [0.2, 0.25) is 0 Å². The number of hydrogen-bond acceptors (Lipinski definition) is 1. The van der Waals surface area contributed by atoms with E-state index in [1.807, 2.05) is 22.6 Å². The Bertz CT molecular complexity index is 595. The average Bonchev–Trinajstić information content (AvgIpc) is 2.66. The van der Waals surface area contributed by atoms with Crippen LogP contribution >= 0.6 is 34.2 Å². The van der Waals surface area contributed by atoms with Crippen LogP contribution in [0.25, 0.3) is 11.0 Å². The van der Waals surface area contributed by atoms with E-state index in [2.05, 4.69) is 30.3 Å². The predicted molar refractivity (Wildman–Crippen MR) is 86.4 cm³/mol. The topological polar surface area (TPSA) is 17.8 Å². The van der Waals surface area contributed by atoms with Crippen LogP contribution in [0, 0.1) is 15.3 Å². The van der Waals surface area contributed by atoms with Crippen molar-refractivity contribution in [2.24, 2.45) is 5.92 Å². The fraction of sp³-hybridized carbons (Fsp3) is 0.500. The van der Waals surface area contributed by atoms with Gasteiger partial charge in [-0.05, 0) is 41.5 Å². The summed E-state index contributed by atoms with van der Waals surface area (Å²) in [5.41, 5.74) is 1.71. The molecule has 2 rings (SSSR count). The lowest BCUT2D eigenvalue weighted by Gasteiger charge is -2.21. The summed E-state index contributed by atoms with van der Waals surface area (Å²) in [7, 11) is 0. The van der Waals surface area contributed by atoms with E-state index in [1.165, 1.54) is 0 Å². The molecule has 2 nitrogen and oxygen atoms in total. The van der Waals surface area contributed by atoms with E-state index in [1.54, 1.807) is 12.1 Å². The molecule has 0 saturated heterocycles. The lowest BCUT2D eigenvalue weighted by atomic mass is 10.1. The lowest BCUT2D eigenvalue weighted by molar-refractivity contribution is 0.406. The van der Waals surface area contributed by atoms with Crippen LogP contribution in [0.15, 0.2) is 12.1 Å². The Morgan fingerprint density at radius 2 is 2.05 bits per heavy atom. The molecule has 1 atom stereocenters. The van der Waals surface area contributed by atoms with E-state index >= 15 is 0 Å². The first-order chi connectivity index (χ1) is 8.95. The molecule has 1 unspecified atom stereocenters. The van der Waals surface area contributed by atoms with Crippen LogP contribution in [0.4, 0.5) is 4.39 Å². The standard InChI is InChI=1S/C14H17ClFIN2/c1-8(2)9(3)19-13-6-10(16)11(17)7-12(13)18-14(19)4-5-15/h6-9H,4-5H2,1-3H3. The summed E-state index contributed by atoms with van der Waals surface area (Å²) in [4.78, 5) is 4.61. The fourth-order valence-electron chi connectivity index (χ4n) is 2.15. The van der Waals surface area contributed by atoms with E-state index < -0.39 is 0 Å². The highest BCUT2D eigenvalue weighted by atomic mass is 127. The Hall–Kier alpha value is -0.360. The van der Waals surface area contributed by atoms with Crippen molar-refractivity contribution in [3.8, 4) is 0 Å². The van der Waals surface area contributed by atoms with Gasteiger partial charge in [-0.2, -0.15) is 0 Å². The van der Waals surface area contributed by atoms with Gasteiger partial charge in [0.25, 0.3) is 0 Å². The maximum Gasteiger partial charge on any atom is 0.138 e. The van der Waals surface area contributed by atoms with Gasteiger partial charge in [-0.15, -0.1) is 11.6 Å². The van der Waals surface area contributed by atoms with E-state index in [0.29, 0.717) is 21.8 Å². The Morgan fingerprint density at radius 3 is 2.63 bits per heavy atom. The first-order valence-corrected chi connectivity index (χ1v) is 7.98. The number of halogens is 3. The van der Waals surface area contributed by atoms with Gasteiger partial charge >= 0.3 is 0 Å². The minimum absolute atomic E-state index is 0.192. The van der Waals surface area contributed by atoms with Crippen LogP contribution in [0.5, 0.6) is 0 Å². The summed E-state index contributed by atoms with van der Waals surface area (Å²) in [6.45, 7) is 6.45. The molecule has 2 aromatic rings. The molecule has 0 aliphatic heterocycles. The number of nitrogens with zero attached hydrogens (tertiary/aromatic N) is 2. The molecule has 0 radical (unpaired) electrons. The Balaban J connectivity index is 2.68. The van der Waals surface area contributed by atoms with Crippen molar-refractivity contribution >= 4 is 45.2 Å². The minimum Gasteiger partial charge on any atom is -0.325 e. The fourth-order valence-corrected chi connectivity index (χ4v) is 2.77. The second-order valence-corrected chi connectivity index (χ2v) is 6.62. The highest BCUT2D eigenvalue weighted by Crippen LogP contribution is 2.28. The third-order valence-electron chi connectivity index (χ3n) is 3.49. The molecular weight excluding hydrogens is 378 g/mol. The number of alkyl halides is 1. The molecule has 0 fully saturated rings. The molecule has 1 aromatic heterocycles. The highest BCUT2D eigenvalue weighted by molar-refractivity contribution is 14.1. The molecule has 0 amide bonds. The average molecular weight is 395 g/mol. The number of aromatic nitrogens is 2. The molecular formula is C14H17ClFIN2. The zero-order valence-corrected chi connectivity index (χ0v) is 14.2. The van der Waals surface area contributed by atoms with Crippen molar-refractivity contribution in [3.63, 3.8) is 0 Å². The third-order valence-corrected chi connectivity index (χ3v) is 4.51. The van der Waals surface area contributed by atoms with Gasteiger partial charge in [-0.25, -0.2) is 9.37 Å². The number of benzene rings is 1. The van der Waals surface area contributed by atoms with Gasteiger partial charge in [0.1, 0.15) is 11.6 Å². The monoisotopic (exact) mass is 394 g/mol. The molecule has 0 N–H and O–H groups in total. The van der Waals surface area contributed by atoms with Gasteiger partial charge in [0, 0.05) is 24.4 Å². The molecule has 1 heterocycles. The minimum atomic E-state index is -0.192. The van der Waals surface area contributed by atoms with Crippen molar-refractivity contribution in [1.29, 1.82) is 0 Å². The van der Waals surface area contributed by atoms with Crippen LogP contribution in [0.1, 0.15) is 32.6 Å². The summed E-state index contributed by atoms with van der Waals surface area (Å²) in [5, 5.41) is 0. The Kier molecular flexibility index (Phi) is 4.71. The van der Waals surface area contributed by atoms with Crippen molar-refractivity contribution in [3.05, 3.63) is 27.3 Å². The maximum atomic E-state index is 13.8. The van der Waals surface area contributed by atoms with Crippen molar-refractivity contribution in [2.75, 3.05) is 5.88 Å². The molecule has 5 heteroatoms. The predicted octanol–water partition coefficient (Wildman–Crippen LogP) is 4.78. The molecule has 0 aliphatic rings. The van der Waals surface area contributed by atoms with Gasteiger partial charge in [-0.1, -0.05) is 13.8 Å². The van der Waals surface area contributed by atoms with E-state index in [9.17, 15) is 4.39 Å². The molecule has 104 valence electrons. The van der Waals surface area contributed by atoms with Gasteiger partial charge in [-0.3, -0.25) is 0 Å². The lowest BCUT2D eigenvalue weighted by Crippen LogP contribution is -2.15. The first kappa shape index (κ1) is 15.0. The first-order valence-electron chi connectivity index (χ1n) is 6.37. The van der Waals surface area contributed by atoms with Gasteiger partial charge in [0.05, 0.1) is 14.6 Å². The number of fused-ring (bicyclic) bond motifs is 1. The second kappa shape index (κ2) is 5.95. The Morgan fingerprint density at radius 1 is 1.37 bits per heavy atom. The second-order valence-electron chi connectivity index (χ2n) is 5.08. The van der Waals surface area contributed by atoms with Crippen LogP contribution < -0.4 is 0 Å². The number of hydrogen-bond donors (Lipinski definition) is 0. The smallest absolute Gasteiger partial charge is 0.138 e. The molecule has 0 bridgehead atoms. The van der Waals surface area contributed by atoms with Crippen LogP contribution in [0.2, 0.25) is 0 Å².